The molecule has 0 aliphatic heterocycles. The number of nitrogens with zero attached hydrogens (tertiary/aromatic N) is 1. The van der Waals surface area contributed by atoms with Gasteiger partial charge in [-0.05, 0) is 36.4 Å². The van der Waals surface area contributed by atoms with Gasteiger partial charge in [0.05, 0.1) is 21.7 Å². The average molecular weight is 331 g/mol. The first-order valence-electron chi connectivity index (χ1n) is 6.65. The molecule has 0 saturated heterocycles. The van der Waals surface area contributed by atoms with Crippen molar-refractivity contribution in [2.45, 2.75) is 0 Å². The van der Waals surface area contributed by atoms with Crippen LogP contribution in [0.3, 0.4) is 0 Å². The fourth-order valence-corrected chi connectivity index (χ4v) is 3.13. The molecule has 0 amide bonds. The van der Waals surface area contributed by atoms with Gasteiger partial charge in [0.2, 0.25) is 0 Å². The predicted octanol–water partition coefficient (Wildman–Crippen LogP) is 5.83. The second-order valence-corrected chi connectivity index (χ2v) is 5.83. The van der Waals surface area contributed by atoms with Crippen LogP contribution in [0, 0.1) is 5.82 Å². The number of rotatable bonds is 1. The Morgan fingerprint density at radius 1 is 0.955 bits per heavy atom. The van der Waals surface area contributed by atoms with E-state index in [1.54, 1.807) is 6.20 Å². The lowest BCUT2D eigenvalue weighted by atomic mass is 10.1. The summed E-state index contributed by atoms with van der Waals surface area (Å²) < 4.78 is 13.6. The third kappa shape index (κ3) is 2.05. The van der Waals surface area contributed by atoms with Gasteiger partial charge in [-0.1, -0.05) is 29.3 Å². The van der Waals surface area contributed by atoms with Crippen LogP contribution in [0.4, 0.5) is 4.39 Å². The number of H-pyrrole nitrogens is 1. The van der Waals surface area contributed by atoms with E-state index in [0.29, 0.717) is 20.9 Å². The molecule has 1 N–H and O–H groups in total. The maximum atomic E-state index is 13.6. The third-order valence-electron chi connectivity index (χ3n) is 3.66. The quantitative estimate of drug-likeness (QED) is 0.467. The molecule has 5 heteroatoms. The number of hydrogen-bond donors (Lipinski definition) is 1. The van der Waals surface area contributed by atoms with Gasteiger partial charge in [-0.15, -0.1) is 0 Å². The van der Waals surface area contributed by atoms with Gasteiger partial charge in [0.1, 0.15) is 5.82 Å². The smallest absolute Gasteiger partial charge is 0.125 e. The molecular weight excluding hydrogens is 322 g/mol. The zero-order valence-corrected chi connectivity index (χ0v) is 12.7. The largest absolute Gasteiger partial charge is 0.359 e. The molecule has 2 aromatic heterocycles. The Morgan fingerprint density at radius 2 is 1.82 bits per heavy atom. The Labute approximate surface area is 135 Å². The second kappa shape index (κ2) is 4.97. The number of pyridine rings is 1. The van der Waals surface area contributed by atoms with E-state index < -0.39 is 0 Å². The number of nitrogens with one attached hydrogen (secondary N) is 1. The van der Waals surface area contributed by atoms with Crippen molar-refractivity contribution in [3.8, 4) is 11.3 Å². The summed E-state index contributed by atoms with van der Waals surface area (Å²) in [5.41, 5.74) is 3.04. The van der Waals surface area contributed by atoms with Crippen molar-refractivity contribution in [3.05, 3.63) is 64.5 Å². The van der Waals surface area contributed by atoms with E-state index in [4.69, 9.17) is 23.2 Å². The number of hydrogen-bond acceptors (Lipinski definition) is 1. The molecule has 0 fully saturated rings. The monoisotopic (exact) mass is 330 g/mol. The second-order valence-electron chi connectivity index (χ2n) is 5.02. The van der Waals surface area contributed by atoms with Gasteiger partial charge in [0, 0.05) is 27.6 Å². The van der Waals surface area contributed by atoms with Crippen molar-refractivity contribution in [1.82, 2.24) is 9.97 Å². The number of benzene rings is 2. The normalized spacial score (nSPS) is 11.4. The highest BCUT2D eigenvalue weighted by atomic mass is 35.5. The molecule has 4 aromatic rings. The molecule has 0 aliphatic carbocycles. The van der Waals surface area contributed by atoms with Gasteiger partial charge < -0.3 is 4.98 Å². The highest BCUT2D eigenvalue weighted by Crippen LogP contribution is 2.33. The molecule has 2 aromatic carbocycles. The Bertz CT molecular complexity index is 1020. The molecule has 22 heavy (non-hydrogen) atoms. The van der Waals surface area contributed by atoms with Crippen LogP contribution in [-0.4, -0.2) is 9.97 Å². The molecule has 0 radical (unpaired) electrons. The Hall–Kier alpha value is -2.10. The molecule has 2 nitrogen and oxygen atoms in total. The van der Waals surface area contributed by atoms with Crippen LogP contribution >= 0.6 is 23.2 Å². The van der Waals surface area contributed by atoms with Gasteiger partial charge in [-0.3, -0.25) is 0 Å². The molecule has 2 heterocycles. The summed E-state index contributed by atoms with van der Waals surface area (Å²) in [4.78, 5) is 7.69. The Balaban J connectivity index is 1.99. The maximum Gasteiger partial charge on any atom is 0.125 e. The van der Waals surface area contributed by atoms with Crippen molar-refractivity contribution in [3.63, 3.8) is 0 Å². The van der Waals surface area contributed by atoms with Crippen molar-refractivity contribution < 1.29 is 4.39 Å². The molecular formula is C17H9Cl2FN2. The SMILES string of the molecule is Fc1cc(Cl)c2[nH]cc(-c3ccc4c(Cl)cccc4n3)c2c1. The molecule has 4 rings (SSSR count). The van der Waals surface area contributed by atoms with Crippen molar-refractivity contribution in [2.24, 2.45) is 0 Å². The zero-order valence-electron chi connectivity index (χ0n) is 11.2. The standard InChI is InChI=1S/C17H9Cl2FN2/c18-13-2-1-3-15-10(13)4-5-16(22-15)12-8-21-17-11(12)6-9(20)7-14(17)19/h1-8,21H. The van der Waals surface area contributed by atoms with Crippen LogP contribution in [0.1, 0.15) is 0 Å². The average Bonchev–Trinajstić information content (AvgIpc) is 2.91. The molecule has 0 unspecified atom stereocenters. The summed E-state index contributed by atoms with van der Waals surface area (Å²) in [6, 6.07) is 12.1. The molecule has 108 valence electrons. The first-order chi connectivity index (χ1) is 10.6. The van der Waals surface area contributed by atoms with Crippen LogP contribution < -0.4 is 0 Å². The minimum atomic E-state index is -0.373. The van der Waals surface area contributed by atoms with E-state index in [-0.39, 0.29) is 5.82 Å². The van der Waals surface area contributed by atoms with Crippen LogP contribution in [0.2, 0.25) is 10.0 Å². The van der Waals surface area contributed by atoms with Gasteiger partial charge in [0.25, 0.3) is 0 Å². The number of aromatic amines is 1. The van der Waals surface area contributed by atoms with E-state index in [1.807, 2.05) is 30.3 Å². The third-order valence-corrected chi connectivity index (χ3v) is 4.29. The fourth-order valence-electron chi connectivity index (χ4n) is 2.63. The minimum absolute atomic E-state index is 0.352. The number of halogens is 3. The van der Waals surface area contributed by atoms with Crippen LogP contribution in [0.25, 0.3) is 33.1 Å². The number of fused-ring (bicyclic) bond motifs is 2. The van der Waals surface area contributed by atoms with Crippen molar-refractivity contribution >= 4 is 45.0 Å². The summed E-state index contributed by atoms with van der Waals surface area (Å²) in [7, 11) is 0. The first kappa shape index (κ1) is 13.6. The summed E-state index contributed by atoms with van der Waals surface area (Å²) >= 11 is 12.2. The van der Waals surface area contributed by atoms with Crippen LogP contribution in [0.15, 0.2) is 48.7 Å². The van der Waals surface area contributed by atoms with E-state index in [1.165, 1.54) is 12.1 Å². The highest BCUT2D eigenvalue weighted by Gasteiger charge is 2.12. The number of aromatic nitrogens is 2. The summed E-state index contributed by atoms with van der Waals surface area (Å²) in [5.74, 6) is -0.373. The van der Waals surface area contributed by atoms with E-state index in [9.17, 15) is 4.39 Å². The molecule has 0 aliphatic rings. The van der Waals surface area contributed by atoms with Crippen LogP contribution in [0.5, 0.6) is 0 Å². The fraction of sp³-hybridized carbons (Fsp3) is 0. The lowest BCUT2D eigenvalue weighted by Gasteiger charge is -2.04. The minimum Gasteiger partial charge on any atom is -0.359 e. The first-order valence-corrected chi connectivity index (χ1v) is 7.41. The lowest BCUT2D eigenvalue weighted by molar-refractivity contribution is 0.630. The van der Waals surface area contributed by atoms with Crippen molar-refractivity contribution in [2.75, 3.05) is 0 Å². The summed E-state index contributed by atoms with van der Waals surface area (Å²) in [6.07, 6.45) is 1.79. The van der Waals surface area contributed by atoms with Crippen LogP contribution in [-0.2, 0) is 0 Å². The van der Waals surface area contributed by atoms with E-state index >= 15 is 0 Å². The van der Waals surface area contributed by atoms with E-state index in [2.05, 4.69) is 9.97 Å². The van der Waals surface area contributed by atoms with Gasteiger partial charge in [-0.25, -0.2) is 9.37 Å². The Kier molecular flexibility index (Phi) is 3.06. The summed E-state index contributed by atoms with van der Waals surface area (Å²) in [5, 5.41) is 2.60. The lowest BCUT2D eigenvalue weighted by Crippen LogP contribution is -1.85. The van der Waals surface area contributed by atoms with Gasteiger partial charge >= 0.3 is 0 Å². The topological polar surface area (TPSA) is 28.7 Å². The predicted molar refractivity (Wildman–Crippen MR) is 89.0 cm³/mol. The maximum absolute atomic E-state index is 13.6. The highest BCUT2D eigenvalue weighted by molar-refractivity contribution is 6.36. The molecule has 0 saturated carbocycles. The van der Waals surface area contributed by atoms with Gasteiger partial charge in [-0.2, -0.15) is 0 Å². The molecule has 0 spiro atoms. The summed E-state index contributed by atoms with van der Waals surface area (Å²) in [6.45, 7) is 0. The van der Waals surface area contributed by atoms with Crippen molar-refractivity contribution in [1.29, 1.82) is 0 Å². The molecule has 0 bridgehead atoms. The zero-order chi connectivity index (χ0) is 15.3. The van der Waals surface area contributed by atoms with E-state index in [0.717, 1.165) is 22.2 Å². The Morgan fingerprint density at radius 3 is 2.68 bits per heavy atom. The van der Waals surface area contributed by atoms with Gasteiger partial charge in [0.15, 0.2) is 0 Å². The molecule has 0 atom stereocenters.